The molecule has 6 nitrogen and oxygen atoms in total. The number of barbiturate groups is 1. The molecule has 2 heterocycles. The smallest absolute Gasteiger partial charge is 0.416 e. The van der Waals surface area contributed by atoms with Gasteiger partial charge in [0, 0.05) is 11.6 Å². The minimum absolute atomic E-state index is 0.115. The quantitative estimate of drug-likeness (QED) is 0.560. The van der Waals surface area contributed by atoms with E-state index in [1.165, 1.54) is 30.3 Å². The number of amides is 4. The average Bonchev–Trinajstić information content (AvgIpc) is 3.20. The Hall–Kier alpha value is -3.36. The third-order valence-electron chi connectivity index (χ3n) is 5.46. The Balaban J connectivity index is 1.61. The topological polar surface area (TPSA) is 79.6 Å². The minimum Gasteiger partial charge on any atom is -0.457 e. The maximum Gasteiger partial charge on any atom is 0.416 e. The predicted molar refractivity (Wildman–Crippen MR) is 104 cm³/mol. The van der Waals surface area contributed by atoms with E-state index < -0.39 is 29.6 Å². The lowest BCUT2D eigenvalue weighted by molar-refractivity contribution is -0.137. The van der Waals surface area contributed by atoms with E-state index in [2.05, 4.69) is 5.32 Å². The second kappa shape index (κ2) is 8.05. The second-order valence-electron chi connectivity index (χ2n) is 7.56. The molecule has 0 spiro atoms. The Morgan fingerprint density at radius 1 is 1.03 bits per heavy atom. The number of nitrogens with zero attached hydrogens (tertiary/aromatic N) is 1. The fraction of sp³-hybridized carbons (Fsp3) is 0.318. The zero-order chi connectivity index (χ0) is 22.2. The first-order valence-corrected chi connectivity index (χ1v) is 9.92. The van der Waals surface area contributed by atoms with E-state index in [1.807, 2.05) is 0 Å². The van der Waals surface area contributed by atoms with Crippen molar-refractivity contribution in [2.24, 2.45) is 0 Å². The lowest BCUT2D eigenvalue weighted by Crippen LogP contribution is -2.58. The summed E-state index contributed by atoms with van der Waals surface area (Å²) in [7, 11) is 0. The zero-order valence-electron chi connectivity index (χ0n) is 16.4. The average molecular weight is 432 g/mol. The molecule has 1 aromatic carbocycles. The summed E-state index contributed by atoms with van der Waals surface area (Å²) >= 11 is 0. The number of hydrogen-bond donors (Lipinski definition) is 1. The fourth-order valence-corrected chi connectivity index (χ4v) is 3.92. The Labute approximate surface area is 175 Å². The first-order chi connectivity index (χ1) is 14.7. The summed E-state index contributed by atoms with van der Waals surface area (Å²) < 4.78 is 44.4. The van der Waals surface area contributed by atoms with Crippen molar-refractivity contribution in [3.63, 3.8) is 0 Å². The summed E-state index contributed by atoms with van der Waals surface area (Å²) in [4.78, 5) is 38.5. The van der Waals surface area contributed by atoms with Gasteiger partial charge in [0.2, 0.25) is 0 Å². The first kappa shape index (κ1) is 20.9. The number of carbonyl (C=O) groups is 3. The van der Waals surface area contributed by atoms with Crippen LogP contribution in [-0.2, 0) is 15.8 Å². The van der Waals surface area contributed by atoms with Crippen LogP contribution in [0.15, 0.2) is 46.4 Å². The highest BCUT2D eigenvalue weighted by Crippen LogP contribution is 2.33. The summed E-state index contributed by atoms with van der Waals surface area (Å²) in [6.45, 7) is 0. The van der Waals surface area contributed by atoms with E-state index in [4.69, 9.17) is 4.42 Å². The molecule has 2 fully saturated rings. The number of alkyl halides is 3. The summed E-state index contributed by atoms with van der Waals surface area (Å²) in [6, 6.07) is 6.55. The summed E-state index contributed by atoms with van der Waals surface area (Å²) in [6.07, 6.45) is 0.904. The Morgan fingerprint density at radius 3 is 2.48 bits per heavy atom. The molecule has 1 aliphatic heterocycles. The van der Waals surface area contributed by atoms with E-state index in [-0.39, 0.29) is 28.7 Å². The SMILES string of the molecule is O=C1NC(=O)N(C2CCCCC2)C(=O)C1=Cc1ccc(-c2cccc(C(F)(F)F)c2)o1. The fourth-order valence-electron chi connectivity index (χ4n) is 3.92. The van der Waals surface area contributed by atoms with Crippen LogP contribution in [0.5, 0.6) is 0 Å². The summed E-state index contributed by atoms with van der Waals surface area (Å²) in [5, 5.41) is 2.18. The van der Waals surface area contributed by atoms with Gasteiger partial charge in [-0.3, -0.25) is 19.8 Å². The van der Waals surface area contributed by atoms with Crippen molar-refractivity contribution in [1.29, 1.82) is 0 Å². The molecule has 2 aliphatic rings. The number of halogens is 3. The van der Waals surface area contributed by atoms with E-state index in [1.54, 1.807) is 0 Å². The van der Waals surface area contributed by atoms with E-state index in [0.29, 0.717) is 12.8 Å². The van der Waals surface area contributed by atoms with Gasteiger partial charge >= 0.3 is 12.2 Å². The van der Waals surface area contributed by atoms with Gasteiger partial charge < -0.3 is 4.42 Å². The van der Waals surface area contributed by atoms with Gasteiger partial charge in [-0.2, -0.15) is 13.2 Å². The van der Waals surface area contributed by atoms with Gasteiger partial charge in [-0.05, 0) is 43.2 Å². The molecule has 2 aromatic rings. The second-order valence-corrected chi connectivity index (χ2v) is 7.56. The molecule has 9 heteroatoms. The molecule has 0 unspecified atom stereocenters. The van der Waals surface area contributed by atoms with Crippen LogP contribution in [-0.4, -0.2) is 28.8 Å². The number of nitrogens with one attached hydrogen (secondary N) is 1. The molecular formula is C22H19F3N2O4. The lowest BCUT2D eigenvalue weighted by Gasteiger charge is -2.35. The molecule has 162 valence electrons. The number of urea groups is 1. The highest BCUT2D eigenvalue weighted by Gasteiger charge is 2.40. The van der Waals surface area contributed by atoms with Crippen LogP contribution in [0.4, 0.5) is 18.0 Å². The first-order valence-electron chi connectivity index (χ1n) is 9.92. The van der Waals surface area contributed by atoms with Crippen molar-refractivity contribution in [2.45, 2.75) is 44.3 Å². The minimum atomic E-state index is -4.49. The van der Waals surface area contributed by atoms with Crippen LogP contribution in [0, 0.1) is 0 Å². The van der Waals surface area contributed by atoms with Gasteiger partial charge in [0.15, 0.2) is 0 Å². The van der Waals surface area contributed by atoms with Crippen LogP contribution in [0.1, 0.15) is 43.4 Å². The van der Waals surface area contributed by atoms with Crippen molar-refractivity contribution in [3.8, 4) is 11.3 Å². The number of carbonyl (C=O) groups excluding carboxylic acids is 3. The molecule has 1 aliphatic carbocycles. The third kappa shape index (κ3) is 4.26. The van der Waals surface area contributed by atoms with Crippen LogP contribution in [0.2, 0.25) is 0 Å². The molecule has 1 N–H and O–H groups in total. The van der Waals surface area contributed by atoms with Gasteiger partial charge in [-0.1, -0.05) is 31.4 Å². The lowest BCUT2D eigenvalue weighted by atomic mass is 9.93. The number of rotatable bonds is 3. The molecule has 1 aromatic heterocycles. The third-order valence-corrected chi connectivity index (χ3v) is 5.46. The van der Waals surface area contributed by atoms with Gasteiger partial charge in [-0.15, -0.1) is 0 Å². The maximum absolute atomic E-state index is 13.0. The van der Waals surface area contributed by atoms with Crippen LogP contribution in [0.3, 0.4) is 0 Å². The molecule has 1 saturated carbocycles. The number of furan rings is 1. The highest BCUT2D eigenvalue weighted by atomic mass is 19.4. The van der Waals surface area contributed by atoms with Crippen LogP contribution < -0.4 is 5.32 Å². The molecule has 0 radical (unpaired) electrons. The largest absolute Gasteiger partial charge is 0.457 e. The van der Waals surface area contributed by atoms with Gasteiger partial charge in [0.25, 0.3) is 11.8 Å². The number of imide groups is 2. The zero-order valence-corrected chi connectivity index (χ0v) is 16.4. The molecule has 4 amide bonds. The predicted octanol–water partition coefficient (Wildman–Crippen LogP) is 4.76. The number of benzene rings is 1. The molecule has 0 bridgehead atoms. The van der Waals surface area contributed by atoms with E-state index in [0.717, 1.165) is 36.3 Å². The Kier molecular flexibility index (Phi) is 5.43. The normalized spacial score (nSPS) is 19.8. The Morgan fingerprint density at radius 2 is 1.77 bits per heavy atom. The van der Waals surface area contributed by atoms with Crippen molar-refractivity contribution < 1.29 is 32.0 Å². The maximum atomic E-state index is 13.0. The summed E-state index contributed by atoms with van der Waals surface area (Å²) in [5.74, 6) is -1.26. The van der Waals surface area contributed by atoms with Crippen molar-refractivity contribution in [1.82, 2.24) is 10.2 Å². The van der Waals surface area contributed by atoms with Gasteiger partial charge in [0.05, 0.1) is 5.56 Å². The standard InChI is InChI=1S/C22H19F3N2O4/c23-22(24,25)14-6-4-5-13(11-14)18-10-9-16(31-18)12-17-19(28)26-21(30)27(20(17)29)15-7-2-1-3-8-15/h4-6,9-12,15H,1-3,7-8H2,(H,26,28,30). The monoisotopic (exact) mass is 432 g/mol. The van der Waals surface area contributed by atoms with E-state index >= 15 is 0 Å². The molecule has 1 saturated heterocycles. The Bertz CT molecular complexity index is 1060. The van der Waals surface area contributed by atoms with E-state index in [9.17, 15) is 27.6 Å². The van der Waals surface area contributed by atoms with Crippen molar-refractivity contribution in [3.05, 3.63) is 53.3 Å². The molecular weight excluding hydrogens is 413 g/mol. The van der Waals surface area contributed by atoms with Crippen LogP contribution in [0.25, 0.3) is 17.4 Å². The molecule has 0 atom stereocenters. The van der Waals surface area contributed by atoms with Crippen molar-refractivity contribution in [2.75, 3.05) is 0 Å². The van der Waals surface area contributed by atoms with Gasteiger partial charge in [0.1, 0.15) is 17.1 Å². The number of hydrogen-bond acceptors (Lipinski definition) is 4. The van der Waals surface area contributed by atoms with Gasteiger partial charge in [-0.25, -0.2) is 4.79 Å². The molecule has 4 rings (SSSR count). The summed E-state index contributed by atoms with van der Waals surface area (Å²) in [5.41, 5.74) is -0.863. The van der Waals surface area contributed by atoms with Crippen LogP contribution >= 0.6 is 0 Å². The molecule has 31 heavy (non-hydrogen) atoms. The highest BCUT2D eigenvalue weighted by molar-refractivity contribution is 6.31. The van der Waals surface area contributed by atoms with Crippen molar-refractivity contribution >= 4 is 23.9 Å².